The highest BCUT2D eigenvalue weighted by atomic mass is 32.3. The van der Waals surface area contributed by atoms with Crippen LogP contribution in [0, 0.1) is 0 Å². The zero-order valence-corrected chi connectivity index (χ0v) is 7.26. The fraction of sp³-hybridized carbons (Fsp3) is 0.500. The average Bonchev–Trinajstić information content (AvgIpc) is 1.63. The largest absolute Gasteiger partial charge is 0.423 e. The molecule has 0 atom stereocenters. The van der Waals surface area contributed by atoms with Crippen molar-refractivity contribution in [2.24, 2.45) is 0 Å². The Balaban J connectivity index is -0.000000114. The van der Waals surface area contributed by atoms with Gasteiger partial charge in [-0.3, -0.25) is 4.55 Å². The predicted octanol–water partition coefficient (Wildman–Crippen LogP) is 1.02. The lowest BCUT2D eigenvalue weighted by Crippen LogP contribution is -1.97. The highest BCUT2D eigenvalue weighted by molar-refractivity contribution is 7.80. The second kappa shape index (κ2) is 7.63. The normalized spacial score (nSPS) is 8.73. The lowest BCUT2D eigenvalue weighted by atomic mass is 10.4. The van der Waals surface area contributed by atoms with E-state index in [-0.39, 0.29) is 6.15 Å². The van der Waals surface area contributed by atoms with E-state index < -0.39 is 10.4 Å². The summed E-state index contributed by atoms with van der Waals surface area (Å²) in [5.41, 5.74) is 1.17. The molecule has 0 aliphatic carbocycles. The van der Waals surface area contributed by atoms with Gasteiger partial charge in [0.15, 0.2) is 0 Å². The van der Waals surface area contributed by atoms with Crippen molar-refractivity contribution in [1.82, 2.24) is 6.15 Å². The molecule has 0 bridgehead atoms. The molecule has 0 heterocycles. The van der Waals surface area contributed by atoms with Crippen molar-refractivity contribution in [3.8, 4) is 0 Å². The second-order valence-corrected chi connectivity index (χ2v) is 2.71. The minimum Gasteiger partial charge on any atom is -0.344 e. The van der Waals surface area contributed by atoms with E-state index in [0.29, 0.717) is 0 Å². The molecule has 0 fully saturated rings. The lowest BCUT2D eigenvalue weighted by molar-refractivity contribution is -0.139. The molecule has 0 spiro atoms. The Morgan fingerprint density at radius 3 is 1.55 bits per heavy atom. The van der Waals surface area contributed by atoms with E-state index in [1.54, 1.807) is 0 Å². The summed E-state index contributed by atoms with van der Waals surface area (Å²) in [6.45, 7) is 7.50. The monoisotopic (exact) mass is 187 g/mol. The van der Waals surface area contributed by atoms with Gasteiger partial charge in [0.2, 0.25) is 0 Å². The summed E-state index contributed by atoms with van der Waals surface area (Å²) in [6, 6.07) is 0. The van der Waals surface area contributed by atoms with Crippen LogP contribution in [0.15, 0.2) is 12.2 Å². The van der Waals surface area contributed by atoms with Crippen LogP contribution >= 0.6 is 0 Å². The third-order valence-corrected chi connectivity index (χ3v) is 0.283. The zero-order chi connectivity index (χ0) is 8.78. The smallest absolute Gasteiger partial charge is 0.344 e. The van der Waals surface area contributed by atoms with Crippen LogP contribution in [-0.4, -0.2) is 18.2 Å². The molecule has 0 saturated carbocycles. The molecule has 0 unspecified atom stereocenters. The first-order chi connectivity index (χ1) is 4.29. The average molecular weight is 187 g/mol. The third-order valence-electron chi connectivity index (χ3n) is 0.0942. The van der Waals surface area contributed by atoms with Gasteiger partial charge < -0.3 is 6.15 Å². The Hall–Kier alpha value is -0.470. The predicted molar refractivity (Wildman–Crippen MR) is 40.8 cm³/mol. The van der Waals surface area contributed by atoms with E-state index in [0.717, 1.165) is 0 Å². The Morgan fingerprint density at radius 1 is 1.45 bits per heavy atom. The number of hydrogen-bond donors (Lipinski definition) is 3. The van der Waals surface area contributed by atoms with E-state index in [4.69, 9.17) is 18.2 Å². The molecule has 11 heavy (non-hydrogen) atoms. The van der Waals surface area contributed by atoms with Gasteiger partial charge in [-0.2, -0.15) is 8.42 Å². The molecule has 0 aliphatic heterocycles. The van der Waals surface area contributed by atoms with E-state index in [1.807, 2.05) is 13.8 Å². The highest BCUT2D eigenvalue weighted by Crippen LogP contribution is 1.74. The summed E-state index contributed by atoms with van der Waals surface area (Å²) in [6.07, 6.45) is 0. The van der Waals surface area contributed by atoms with Gasteiger partial charge in [0.05, 0.1) is 0 Å². The van der Waals surface area contributed by atoms with Crippen molar-refractivity contribution in [2.75, 3.05) is 0 Å². The van der Waals surface area contributed by atoms with Gasteiger partial charge in [0.25, 0.3) is 0 Å². The topological polar surface area (TPSA) is 119 Å². The molecule has 0 radical (unpaired) electrons. The first-order valence-corrected chi connectivity index (χ1v) is 3.58. The van der Waals surface area contributed by atoms with Crippen LogP contribution in [-0.2, 0) is 14.7 Å². The summed E-state index contributed by atoms with van der Waals surface area (Å²) in [5.74, 6) is 0. The second-order valence-electron chi connectivity index (χ2n) is 1.71. The molecular formula is C4H13NO5S. The quantitative estimate of drug-likeness (QED) is 0.244. The van der Waals surface area contributed by atoms with Crippen molar-refractivity contribution in [2.45, 2.75) is 13.8 Å². The Kier molecular flexibility index (Phi) is 11.7. The molecule has 0 aliphatic rings. The SMILES string of the molecule is C=C(C)C.N.O=S(=O)(O)OO. The van der Waals surface area contributed by atoms with Crippen molar-refractivity contribution in [1.29, 1.82) is 0 Å². The molecule has 0 aromatic carbocycles. The number of hydrogen-bond acceptors (Lipinski definition) is 5. The van der Waals surface area contributed by atoms with E-state index in [1.165, 1.54) is 5.57 Å². The van der Waals surface area contributed by atoms with Gasteiger partial charge in [-0.1, -0.05) is 9.91 Å². The minimum atomic E-state index is -4.61. The van der Waals surface area contributed by atoms with Gasteiger partial charge in [-0.25, -0.2) is 5.26 Å². The van der Waals surface area contributed by atoms with Gasteiger partial charge >= 0.3 is 10.4 Å². The Bertz CT molecular complexity index is 181. The van der Waals surface area contributed by atoms with Crippen LogP contribution in [0.4, 0.5) is 0 Å². The molecule has 0 saturated heterocycles. The minimum absolute atomic E-state index is 0. The van der Waals surface area contributed by atoms with E-state index in [2.05, 4.69) is 10.9 Å². The summed E-state index contributed by atoms with van der Waals surface area (Å²) in [5, 5.41) is 7.06. The van der Waals surface area contributed by atoms with Crippen LogP contribution in [0.3, 0.4) is 0 Å². The summed E-state index contributed by atoms with van der Waals surface area (Å²) in [7, 11) is -4.61. The first kappa shape index (κ1) is 16.9. The molecular weight excluding hydrogens is 174 g/mol. The van der Waals surface area contributed by atoms with Gasteiger partial charge in [-0.15, -0.1) is 6.58 Å². The van der Waals surface area contributed by atoms with Gasteiger partial charge in [0, 0.05) is 0 Å². The molecule has 0 rings (SSSR count). The van der Waals surface area contributed by atoms with Crippen molar-refractivity contribution < 1.29 is 22.6 Å². The summed E-state index contributed by atoms with van der Waals surface area (Å²) >= 11 is 0. The third kappa shape index (κ3) is 84.4. The number of rotatable bonds is 1. The van der Waals surface area contributed by atoms with Crippen molar-refractivity contribution in [3.05, 3.63) is 12.2 Å². The Labute approximate surface area is 66.0 Å². The summed E-state index contributed by atoms with van der Waals surface area (Å²) in [4.78, 5) is 0. The molecule has 0 amide bonds. The fourth-order valence-electron chi connectivity index (χ4n) is 0. The van der Waals surface area contributed by atoms with Gasteiger partial charge in [-0.05, 0) is 13.8 Å². The Morgan fingerprint density at radius 2 is 1.55 bits per heavy atom. The molecule has 5 N–H and O–H groups in total. The van der Waals surface area contributed by atoms with Crippen molar-refractivity contribution >= 4 is 10.4 Å². The van der Waals surface area contributed by atoms with E-state index >= 15 is 0 Å². The van der Waals surface area contributed by atoms with Crippen LogP contribution in [0.2, 0.25) is 0 Å². The molecule has 0 aromatic heterocycles. The summed E-state index contributed by atoms with van der Waals surface area (Å²) < 4.78 is 28.0. The van der Waals surface area contributed by atoms with Crippen molar-refractivity contribution in [3.63, 3.8) is 0 Å². The van der Waals surface area contributed by atoms with Crippen LogP contribution in [0.1, 0.15) is 13.8 Å². The van der Waals surface area contributed by atoms with Gasteiger partial charge in [0.1, 0.15) is 0 Å². The number of allylic oxidation sites excluding steroid dienone is 1. The molecule has 6 nitrogen and oxygen atoms in total. The standard InChI is InChI=1S/C4H8.H3N.H2O5S/c1-4(2)3;;1-5-6(2,3)4/h1H2,2-3H3;1H3;1H,(H,2,3,4). The van der Waals surface area contributed by atoms with E-state index in [9.17, 15) is 0 Å². The van der Waals surface area contributed by atoms with Crippen LogP contribution in [0.25, 0.3) is 0 Å². The molecule has 70 valence electrons. The zero-order valence-electron chi connectivity index (χ0n) is 6.44. The fourth-order valence-corrected chi connectivity index (χ4v) is 0. The molecule has 0 aromatic rings. The maximum absolute atomic E-state index is 9.08. The highest BCUT2D eigenvalue weighted by Gasteiger charge is 1.97. The van der Waals surface area contributed by atoms with Crippen LogP contribution in [0.5, 0.6) is 0 Å². The van der Waals surface area contributed by atoms with Crippen LogP contribution < -0.4 is 6.15 Å². The first-order valence-electron chi connectivity index (χ1n) is 2.22. The lowest BCUT2D eigenvalue weighted by Gasteiger charge is -1.79. The molecule has 7 heteroatoms. The maximum Gasteiger partial charge on any atom is 0.423 e. The maximum atomic E-state index is 9.08.